The number of fused-ring (bicyclic) bond motifs is 3. The fourth-order valence-corrected chi connectivity index (χ4v) is 5.20. The molecule has 164 valence electrons. The summed E-state index contributed by atoms with van der Waals surface area (Å²) in [6.45, 7) is 7.42. The van der Waals surface area contributed by atoms with Crippen LogP contribution in [0.1, 0.15) is 43.0 Å². The smallest absolute Gasteiger partial charge is 0.259 e. The van der Waals surface area contributed by atoms with Crippen molar-refractivity contribution in [2.24, 2.45) is 5.92 Å². The topological polar surface area (TPSA) is 77.5 Å². The number of nitrogens with one attached hydrogen (secondary N) is 1. The molecule has 2 fully saturated rings. The highest BCUT2D eigenvalue weighted by molar-refractivity contribution is 5.99. The number of rotatable bonds is 5. The Bertz CT molecular complexity index is 913. The van der Waals surface area contributed by atoms with E-state index in [2.05, 4.69) is 42.1 Å². The number of pyridine rings is 1. The molecule has 1 unspecified atom stereocenters. The van der Waals surface area contributed by atoms with E-state index in [1.54, 1.807) is 6.20 Å². The van der Waals surface area contributed by atoms with E-state index in [4.69, 9.17) is 4.98 Å². The van der Waals surface area contributed by atoms with Crippen LogP contribution in [-0.4, -0.2) is 71.1 Å². The van der Waals surface area contributed by atoms with Crippen LogP contribution >= 0.6 is 0 Å². The predicted octanol–water partition coefficient (Wildman–Crippen LogP) is 2.64. The summed E-state index contributed by atoms with van der Waals surface area (Å²) in [6, 6.07) is 4.50. The van der Waals surface area contributed by atoms with Gasteiger partial charge >= 0.3 is 0 Å². The fourth-order valence-electron chi connectivity index (χ4n) is 5.20. The molecule has 0 radical (unpaired) electrons. The maximum absolute atomic E-state index is 13.5. The summed E-state index contributed by atoms with van der Waals surface area (Å²) in [5, 5.41) is 3.18. The molecule has 31 heavy (non-hydrogen) atoms. The van der Waals surface area contributed by atoms with E-state index in [9.17, 15) is 4.79 Å². The maximum atomic E-state index is 13.5. The van der Waals surface area contributed by atoms with E-state index in [1.165, 1.54) is 5.69 Å². The molecule has 5 heterocycles. The minimum Gasteiger partial charge on any atom is -0.371 e. The average Bonchev–Trinajstić information content (AvgIpc) is 3.24. The molecule has 8 heteroatoms. The second-order valence-electron chi connectivity index (χ2n) is 8.80. The Hall–Kier alpha value is -2.90. The monoisotopic (exact) mass is 421 g/mol. The average molecular weight is 422 g/mol. The van der Waals surface area contributed by atoms with E-state index in [0.717, 1.165) is 70.8 Å². The minimum absolute atomic E-state index is 0.0870. The number of carbonyl (C=O) groups excluding carboxylic acids is 1. The summed E-state index contributed by atoms with van der Waals surface area (Å²) in [5.74, 6) is 2.04. The number of aromatic nitrogens is 3. The summed E-state index contributed by atoms with van der Waals surface area (Å²) in [6.07, 6.45) is 9.90. The van der Waals surface area contributed by atoms with Gasteiger partial charge in [-0.3, -0.25) is 9.78 Å². The van der Waals surface area contributed by atoms with Gasteiger partial charge in [0.15, 0.2) is 0 Å². The number of hydrogen-bond acceptors (Lipinski definition) is 7. The Morgan fingerprint density at radius 2 is 1.94 bits per heavy atom. The van der Waals surface area contributed by atoms with Crippen LogP contribution in [-0.2, 0) is 0 Å². The zero-order valence-electron chi connectivity index (χ0n) is 18.2. The summed E-state index contributed by atoms with van der Waals surface area (Å²) in [7, 11) is 0. The highest BCUT2D eigenvalue weighted by Gasteiger charge is 2.37. The van der Waals surface area contributed by atoms with Gasteiger partial charge in [0.25, 0.3) is 5.91 Å². The molecule has 1 N–H and O–H groups in total. The van der Waals surface area contributed by atoms with Crippen LogP contribution in [0.25, 0.3) is 0 Å². The van der Waals surface area contributed by atoms with Gasteiger partial charge in [-0.15, -0.1) is 0 Å². The highest BCUT2D eigenvalue weighted by Crippen LogP contribution is 2.33. The second-order valence-corrected chi connectivity index (χ2v) is 8.80. The Balaban J connectivity index is 1.31. The summed E-state index contributed by atoms with van der Waals surface area (Å²) in [5.41, 5.74) is 1.89. The number of piperidine rings is 1. The molecule has 1 amide bonds. The van der Waals surface area contributed by atoms with Gasteiger partial charge < -0.3 is 20.0 Å². The summed E-state index contributed by atoms with van der Waals surface area (Å²) < 4.78 is 0. The van der Waals surface area contributed by atoms with E-state index in [-0.39, 0.29) is 5.91 Å². The predicted molar refractivity (Wildman–Crippen MR) is 122 cm³/mol. The van der Waals surface area contributed by atoms with Crippen molar-refractivity contribution >= 4 is 23.4 Å². The van der Waals surface area contributed by atoms with Crippen molar-refractivity contribution in [3.8, 4) is 0 Å². The Morgan fingerprint density at radius 1 is 1.13 bits per heavy atom. The van der Waals surface area contributed by atoms with Crippen molar-refractivity contribution in [2.45, 2.75) is 38.6 Å². The van der Waals surface area contributed by atoms with Crippen molar-refractivity contribution in [1.82, 2.24) is 19.9 Å². The number of carbonyl (C=O) groups is 1. The van der Waals surface area contributed by atoms with Crippen LogP contribution in [0.2, 0.25) is 0 Å². The summed E-state index contributed by atoms with van der Waals surface area (Å²) in [4.78, 5) is 33.6. The van der Waals surface area contributed by atoms with Crippen molar-refractivity contribution in [3.63, 3.8) is 0 Å². The molecule has 1 atom stereocenters. The zero-order valence-corrected chi connectivity index (χ0v) is 18.2. The molecule has 3 aliphatic rings. The van der Waals surface area contributed by atoms with Crippen molar-refractivity contribution in [3.05, 3.63) is 36.3 Å². The largest absolute Gasteiger partial charge is 0.371 e. The number of nitrogens with zero attached hydrogens (tertiary/aromatic N) is 6. The first-order valence-electron chi connectivity index (χ1n) is 11.5. The zero-order chi connectivity index (χ0) is 21.2. The molecular formula is C23H31N7O. The van der Waals surface area contributed by atoms with E-state index >= 15 is 0 Å². The van der Waals surface area contributed by atoms with Gasteiger partial charge in [0.2, 0.25) is 5.95 Å². The first-order chi connectivity index (χ1) is 15.2. The molecule has 2 aromatic heterocycles. The normalized spacial score (nSPS) is 21.6. The molecule has 0 bridgehead atoms. The molecule has 2 aromatic rings. The minimum atomic E-state index is 0.0870. The lowest BCUT2D eigenvalue weighted by molar-refractivity contribution is 0.0716. The van der Waals surface area contributed by atoms with Crippen molar-refractivity contribution < 1.29 is 4.79 Å². The third-order valence-electron chi connectivity index (χ3n) is 6.82. The molecule has 0 aliphatic carbocycles. The molecule has 0 spiro atoms. The van der Waals surface area contributed by atoms with Crippen LogP contribution in [0, 0.1) is 5.92 Å². The van der Waals surface area contributed by atoms with E-state index in [0.29, 0.717) is 23.5 Å². The van der Waals surface area contributed by atoms with E-state index in [1.807, 2.05) is 19.3 Å². The SMILES string of the molecule is CCNc1ncc2c(n1)N1CCCC1CN(CC1CCN(c3ccncc3)CC1)C2=O. The number of anilines is 3. The van der Waals surface area contributed by atoms with Crippen LogP contribution in [0.4, 0.5) is 17.5 Å². The van der Waals surface area contributed by atoms with Crippen LogP contribution in [0.3, 0.4) is 0 Å². The van der Waals surface area contributed by atoms with Gasteiger partial charge in [0, 0.05) is 69.6 Å². The van der Waals surface area contributed by atoms with Gasteiger partial charge in [-0.2, -0.15) is 4.98 Å². The van der Waals surface area contributed by atoms with Crippen LogP contribution in [0.5, 0.6) is 0 Å². The lowest BCUT2D eigenvalue weighted by Crippen LogP contribution is -2.44. The molecule has 5 rings (SSSR count). The standard InChI is InChI=1S/C23H31N7O/c1-2-25-23-26-14-20-21(27-23)30-11-3-4-19(30)16-29(22(20)31)15-17-7-12-28(13-8-17)18-5-9-24-10-6-18/h5-6,9-10,14,17,19H,2-4,7-8,11-13,15-16H2,1H3,(H,25,26,27). The van der Waals surface area contributed by atoms with Gasteiger partial charge in [-0.25, -0.2) is 4.98 Å². The Labute approximate surface area is 183 Å². The highest BCUT2D eigenvalue weighted by atomic mass is 16.2. The molecule has 3 aliphatic heterocycles. The first kappa shape index (κ1) is 20.0. The maximum Gasteiger partial charge on any atom is 0.259 e. The molecule has 0 saturated carbocycles. The summed E-state index contributed by atoms with van der Waals surface area (Å²) >= 11 is 0. The second kappa shape index (κ2) is 8.69. The Kier molecular flexibility index (Phi) is 5.61. The fraction of sp³-hybridized carbons (Fsp3) is 0.565. The molecular weight excluding hydrogens is 390 g/mol. The van der Waals surface area contributed by atoms with Crippen molar-refractivity contribution in [1.29, 1.82) is 0 Å². The van der Waals surface area contributed by atoms with Crippen LogP contribution < -0.4 is 15.1 Å². The van der Waals surface area contributed by atoms with Gasteiger partial charge in [0.1, 0.15) is 11.4 Å². The van der Waals surface area contributed by atoms with E-state index < -0.39 is 0 Å². The molecule has 8 nitrogen and oxygen atoms in total. The van der Waals surface area contributed by atoms with Gasteiger partial charge in [-0.05, 0) is 50.7 Å². The van der Waals surface area contributed by atoms with Crippen LogP contribution in [0.15, 0.2) is 30.7 Å². The van der Waals surface area contributed by atoms with Gasteiger partial charge in [-0.1, -0.05) is 0 Å². The van der Waals surface area contributed by atoms with Crippen molar-refractivity contribution in [2.75, 3.05) is 54.4 Å². The Morgan fingerprint density at radius 3 is 2.71 bits per heavy atom. The third-order valence-corrected chi connectivity index (χ3v) is 6.82. The first-order valence-corrected chi connectivity index (χ1v) is 11.5. The quantitative estimate of drug-likeness (QED) is 0.795. The lowest BCUT2D eigenvalue weighted by atomic mass is 9.95. The number of amides is 1. The molecule has 2 saturated heterocycles. The number of hydrogen-bond donors (Lipinski definition) is 1. The van der Waals surface area contributed by atoms with Gasteiger partial charge in [0.05, 0.1) is 0 Å². The third kappa shape index (κ3) is 4.03. The molecule has 0 aromatic carbocycles. The lowest BCUT2D eigenvalue weighted by Gasteiger charge is -2.36.